The Labute approximate surface area is 104 Å². The van der Waals surface area contributed by atoms with Gasteiger partial charge in [0.2, 0.25) is 17.7 Å². The number of likely N-dealkylation sites (N-methyl/N-ethyl adjacent to an activating group) is 2. The molecule has 1 atom stereocenters. The van der Waals surface area contributed by atoms with Crippen LogP contribution in [0, 0.1) is 0 Å². The summed E-state index contributed by atoms with van der Waals surface area (Å²) in [5.74, 6) is -1.04. The van der Waals surface area contributed by atoms with E-state index in [1.54, 1.807) is 25.2 Å². The van der Waals surface area contributed by atoms with Crippen LogP contribution in [-0.2, 0) is 19.8 Å². The molecule has 0 N–H and O–H groups in total. The average Bonchev–Trinajstić information content (AvgIpc) is 2.73. The van der Waals surface area contributed by atoms with E-state index >= 15 is 0 Å². The predicted molar refractivity (Wildman–Crippen MR) is 63.9 cm³/mol. The highest BCUT2D eigenvalue weighted by atomic mass is 16.2. The molecule has 5 heteroatoms. The van der Waals surface area contributed by atoms with Crippen molar-refractivity contribution in [3.8, 4) is 0 Å². The van der Waals surface area contributed by atoms with Crippen LogP contribution in [0.15, 0.2) is 24.3 Å². The minimum absolute atomic E-state index is 0.0669. The lowest BCUT2D eigenvalue weighted by Crippen LogP contribution is -2.44. The number of carbonyl (C=O) groups excluding carboxylic acids is 3. The molecule has 0 aliphatic carbocycles. The number of likely N-dealkylation sites (tertiary alicyclic amines) is 1. The molecule has 92 valence electrons. The number of amides is 3. The molecule has 2 aliphatic rings. The zero-order valence-electron chi connectivity index (χ0n) is 10.1. The van der Waals surface area contributed by atoms with Gasteiger partial charge in [0, 0.05) is 25.3 Å². The molecule has 0 saturated carbocycles. The molecule has 18 heavy (non-hydrogen) atoms. The van der Waals surface area contributed by atoms with Crippen LogP contribution in [0.5, 0.6) is 0 Å². The first-order valence-corrected chi connectivity index (χ1v) is 5.69. The van der Waals surface area contributed by atoms with E-state index in [0.717, 1.165) is 4.90 Å². The van der Waals surface area contributed by atoms with Crippen LogP contribution in [0.2, 0.25) is 0 Å². The summed E-state index contributed by atoms with van der Waals surface area (Å²) in [6.07, 6.45) is -0.0669. The SMILES string of the molecule is CN1C(=O)CC2(C1=O)C(=O)N(C)c1ccccc12. The summed E-state index contributed by atoms with van der Waals surface area (Å²) in [5, 5.41) is 0. The molecule has 1 fully saturated rings. The normalized spacial score (nSPS) is 26.4. The van der Waals surface area contributed by atoms with Crippen LogP contribution >= 0.6 is 0 Å². The van der Waals surface area contributed by atoms with Crippen molar-refractivity contribution in [1.82, 2.24) is 4.90 Å². The van der Waals surface area contributed by atoms with Crippen molar-refractivity contribution in [2.45, 2.75) is 11.8 Å². The van der Waals surface area contributed by atoms with Crippen LogP contribution in [0.1, 0.15) is 12.0 Å². The first kappa shape index (κ1) is 11.0. The Kier molecular flexibility index (Phi) is 1.94. The Hall–Kier alpha value is -2.17. The van der Waals surface area contributed by atoms with Crippen molar-refractivity contribution in [2.75, 3.05) is 19.0 Å². The van der Waals surface area contributed by atoms with Crippen LogP contribution in [0.25, 0.3) is 0 Å². The van der Waals surface area contributed by atoms with Gasteiger partial charge in [-0.3, -0.25) is 19.3 Å². The summed E-state index contributed by atoms with van der Waals surface area (Å²) < 4.78 is 0. The van der Waals surface area contributed by atoms with E-state index in [4.69, 9.17) is 0 Å². The zero-order valence-corrected chi connectivity index (χ0v) is 10.1. The van der Waals surface area contributed by atoms with Gasteiger partial charge in [0.25, 0.3) is 0 Å². The number of hydrogen-bond donors (Lipinski definition) is 0. The van der Waals surface area contributed by atoms with Crippen LogP contribution in [0.4, 0.5) is 5.69 Å². The average molecular weight is 244 g/mol. The first-order chi connectivity index (χ1) is 8.50. The minimum atomic E-state index is -1.32. The Morgan fingerprint density at radius 1 is 1.00 bits per heavy atom. The second kappa shape index (κ2) is 3.19. The van der Waals surface area contributed by atoms with E-state index in [9.17, 15) is 14.4 Å². The molecule has 0 radical (unpaired) electrons. The van der Waals surface area contributed by atoms with Gasteiger partial charge >= 0.3 is 0 Å². The van der Waals surface area contributed by atoms with Gasteiger partial charge in [0.15, 0.2) is 5.41 Å². The van der Waals surface area contributed by atoms with E-state index < -0.39 is 11.3 Å². The molecular formula is C13H12N2O3. The third-order valence-corrected chi connectivity index (χ3v) is 3.86. The van der Waals surface area contributed by atoms with E-state index in [-0.39, 0.29) is 18.2 Å². The van der Waals surface area contributed by atoms with Crippen molar-refractivity contribution in [3.63, 3.8) is 0 Å². The second-order valence-corrected chi connectivity index (χ2v) is 4.72. The molecule has 2 heterocycles. The van der Waals surface area contributed by atoms with Gasteiger partial charge in [-0.2, -0.15) is 0 Å². The summed E-state index contributed by atoms with van der Waals surface area (Å²) in [7, 11) is 3.06. The smallest absolute Gasteiger partial charge is 0.249 e. The Morgan fingerprint density at radius 3 is 2.22 bits per heavy atom. The number of anilines is 1. The standard InChI is InChI=1S/C13H12N2O3/c1-14-9-6-4-3-5-8(9)13(11(14)17)7-10(16)15(2)12(13)18/h3-6H,7H2,1-2H3. The maximum atomic E-state index is 12.4. The highest BCUT2D eigenvalue weighted by Gasteiger charge is 2.62. The van der Waals surface area contributed by atoms with Crippen molar-refractivity contribution in [3.05, 3.63) is 29.8 Å². The molecule has 1 saturated heterocycles. The molecule has 1 unspecified atom stereocenters. The summed E-state index contributed by atoms with van der Waals surface area (Å²) in [4.78, 5) is 39.0. The molecule has 0 aromatic heterocycles. The van der Waals surface area contributed by atoms with Gasteiger partial charge in [0.05, 0.1) is 6.42 Å². The van der Waals surface area contributed by atoms with Gasteiger partial charge in [-0.05, 0) is 6.07 Å². The first-order valence-electron chi connectivity index (χ1n) is 5.69. The molecule has 3 rings (SSSR count). The third kappa shape index (κ3) is 0.995. The largest absolute Gasteiger partial charge is 0.314 e. The molecule has 1 aromatic rings. The lowest BCUT2D eigenvalue weighted by molar-refractivity contribution is -0.140. The van der Waals surface area contributed by atoms with E-state index in [0.29, 0.717) is 11.3 Å². The van der Waals surface area contributed by atoms with E-state index in [1.807, 2.05) is 6.07 Å². The van der Waals surface area contributed by atoms with Gasteiger partial charge in [0.1, 0.15) is 0 Å². The van der Waals surface area contributed by atoms with E-state index in [1.165, 1.54) is 11.9 Å². The molecule has 3 amide bonds. The number of para-hydroxylation sites is 1. The monoisotopic (exact) mass is 244 g/mol. The van der Waals surface area contributed by atoms with Crippen LogP contribution in [-0.4, -0.2) is 36.7 Å². The van der Waals surface area contributed by atoms with Crippen LogP contribution in [0.3, 0.4) is 0 Å². The number of rotatable bonds is 0. The van der Waals surface area contributed by atoms with Gasteiger partial charge in [-0.25, -0.2) is 0 Å². The molecule has 1 aromatic carbocycles. The lowest BCUT2D eigenvalue weighted by Gasteiger charge is -2.19. The Morgan fingerprint density at radius 2 is 1.61 bits per heavy atom. The molecular weight excluding hydrogens is 232 g/mol. The summed E-state index contributed by atoms with van der Waals surface area (Å²) in [5.41, 5.74) is 0.0242. The van der Waals surface area contributed by atoms with Gasteiger partial charge in [-0.1, -0.05) is 18.2 Å². The highest BCUT2D eigenvalue weighted by molar-refractivity contribution is 6.28. The van der Waals surface area contributed by atoms with Gasteiger partial charge < -0.3 is 4.90 Å². The highest BCUT2D eigenvalue weighted by Crippen LogP contribution is 2.47. The quantitative estimate of drug-likeness (QED) is 0.487. The van der Waals surface area contributed by atoms with Crippen molar-refractivity contribution >= 4 is 23.4 Å². The molecule has 2 aliphatic heterocycles. The number of fused-ring (bicyclic) bond motifs is 2. The number of benzene rings is 1. The van der Waals surface area contributed by atoms with Crippen molar-refractivity contribution < 1.29 is 14.4 Å². The van der Waals surface area contributed by atoms with Crippen molar-refractivity contribution in [1.29, 1.82) is 0 Å². The fourth-order valence-corrected chi connectivity index (χ4v) is 2.84. The maximum Gasteiger partial charge on any atom is 0.249 e. The number of nitrogens with zero attached hydrogens (tertiary/aromatic N) is 2. The summed E-state index contributed by atoms with van der Waals surface area (Å²) in [6, 6.07) is 7.13. The lowest BCUT2D eigenvalue weighted by atomic mass is 9.80. The number of carbonyl (C=O) groups is 3. The predicted octanol–water partition coefficient (Wildman–Crippen LogP) is 0.289. The fraction of sp³-hybridized carbons (Fsp3) is 0.308. The number of imide groups is 1. The van der Waals surface area contributed by atoms with E-state index in [2.05, 4.69) is 0 Å². The Bertz CT molecular complexity index is 596. The second-order valence-electron chi connectivity index (χ2n) is 4.72. The molecule has 5 nitrogen and oxygen atoms in total. The minimum Gasteiger partial charge on any atom is -0.314 e. The third-order valence-electron chi connectivity index (χ3n) is 3.86. The van der Waals surface area contributed by atoms with Crippen molar-refractivity contribution in [2.24, 2.45) is 0 Å². The van der Waals surface area contributed by atoms with Gasteiger partial charge in [-0.15, -0.1) is 0 Å². The molecule has 1 spiro atoms. The Balaban J connectivity index is 2.28. The summed E-state index contributed by atoms with van der Waals surface area (Å²) >= 11 is 0. The van der Waals surface area contributed by atoms with Crippen LogP contribution < -0.4 is 4.90 Å². The maximum absolute atomic E-state index is 12.4. The summed E-state index contributed by atoms with van der Waals surface area (Å²) in [6.45, 7) is 0. The topological polar surface area (TPSA) is 57.7 Å². The fourth-order valence-electron chi connectivity index (χ4n) is 2.84. The number of hydrogen-bond acceptors (Lipinski definition) is 3. The zero-order chi connectivity index (χ0) is 13.1. The molecule has 0 bridgehead atoms.